The first-order valence-corrected chi connectivity index (χ1v) is 3.88. The Kier molecular flexibility index (Phi) is 1.12. The minimum absolute atomic E-state index is 1.03. The number of hydrogen-bond acceptors (Lipinski definition) is 2. The lowest BCUT2D eigenvalue weighted by Crippen LogP contribution is -1.67. The van der Waals surface area contributed by atoms with E-state index in [1.54, 1.807) is 11.3 Å². The average molecular weight is 147 g/mol. The summed E-state index contributed by atoms with van der Waals surface area (Å²) in [4.78, 5) is 4.15. The van der Waals surface area contributed by atoms with Crippen molar-refractivity contribution in [1.29, 1.82) is 0 Å². The van der Waals surface area contributed by atoms with Gasteiger partial charge in [-0.05, 0) is 19.1 Å². The van der Waals surface area contributed by atoms with Crippen molar-refractivity contribution in [3.63, 3.8) is 0 Å². The predicted molar refractivity (Wildman–Crippen MR) is 42.0 cm³/mol. The highest BCUT2D eigenvalue weighted by Crippen LogP contribution is 2.14. The van der Waals surface area contributed by atoms with Crippen molar-refractivity contribution in [3.8, 4) is 0 Å². The van der Waals surface area contributed by atoms with Gasteiger partial charge in [0.05, 0.1) is 11.0 Å². The monoisotopic (exact) mass is 147 g/mol. The lowest BCUT2D eigenvalue weighted by atomic mass is 10.3. The van der Waals surface area contributed by atoms with Gasteiger partial charge in [0.2, 0.25) is 0 Å². The number of rotatable bonds is 0. The van der Waals surface area contributed by atoms with E-state index in [9.17, 15) is 0 Å². The molecule has 1 aromatic carbocycles. The first-order valence-electron chi connectivity index (χ1n) is 3.00. The fourth-order valence-corrected chi connectivity index (χ4v) is 1.46. The number of nitrogens with zero attached hydrogens (tertiary/aromatic N) is 1. The number of aryl methyl sites for hydroxylation is 1. The largest absolute Gasteiger partial charge is 0.244 e. The van der Waals surface area contributed by atoms with Crippen LogP contribution < -0.4 is 0 Å². The first kappa shape index (κ1) is 5.70. The molecule has 0 bridgehead atoms. The fourth-order valence-electron chi connectivity index (χ4n) is 0.848. The molecule has 2 aromatic rings. The van der Waals surface area contributed by atoms with E-state index < -0.39 is 0 Å². The van der Waals surface area contributed by atoms with Crippen molar-refractivity contribution >= 4 is 21.6 Å². The summed E-state index contributed by atoms with van der Waals surface area (Å²) in [5.74, 6) is 0. The second-order valence-electron chi connectivity index (χ2n) is 2.14. The highest BCUT2D eigenvalue weighted by atomic mass is 32.1. The fraction of sp³-hybridized carbons (Fsp3) is 0.125. The number of hydrogen-bond donors (Lipinski definition) is 0. The molecule has 10 heavy (non-hydrogen) atoms. The zero-order valence-corrected chi connectivity index (χ0v) is 6.33. The van der Waals surface area contributed by atoms with Crippen LogP contribution in [0.3, 0.4) is 0 Å². The summed E-state index contributed by atoms with van der Waals surface area (Å²) in [6.45, 7) is 2.00. The van der Waals surface area contributed by atoms with Crippen molar-refractivity contribution in [2.24, 2.45) is 0 Å². The summed E-state index contributed by atoms with van der Waals surface area (Å²) >= 11 is 1.60. The minimum atomic E-state index is 1.03. The van der Waals surface area contributed by atoms with E-state index in [2.05, 4.69) is 17.1 Å². The van der Waals surface area contributed by atoms with Gasteiger partial charge in [0.1, 0.15) is 4.70 Å². The second-order valence-corrected chi connectivity index (χ2v) is 3.00. The van der Waals surface area contributed by atoms with Gasteiger partial charge in [-0.25, -0.2) is 4.98 Å². The molecule has 0 N–H and O–H groups in total. The molecule has 0 saturated carbocycles. The highest BCUT2D eigenvalue weighted by molar-refractivity contribution is 7.16. The van der Waals surface area contributed by atoms with Gasteiger partial charge in [-0.15, -0.1) is 11.3 Å². The van der Waals surface area contributed by atoms with E-state index in [4.69, 9.17) is 0 Å². The van der Waals surface area contributed by atoms with Crippen LogP contribution in [0.5, 0.6) is 0 Å². The van der Waals surface area contributed by atoms with Crippen LogP contribution in [0.2, 0.25) is 0 Å². The summed E-state index contributed by atoms with van der Waals surface area (Å²) in [5.41, 5.74) is 3.95. The molecule has 0 amide bonds. The number of fused-ring (bicyclic) bond motifs is 1. The SMILES string of the molecule is Cc1c#cc2scnc2c1. The Morgan fingerprint density at radius 1 is 1.50 bits per heavy atom. The molecule has 0 radical (unpaired) electrons. The zero-order chi connectivity index (χ0) is 6.97. The summed E-state index contributed by atoms with van der Waals surface area (Å²) < 4.78 is 1.09. The maximum atomic E-state index is 4.15. The third kappa shape index (κ3) is 0.758. The van der Waals surface area contributed by atoms with Crippen LogP contribution in [0.15, 0.2) is 11.6 Å². The van der Waals surface area contributed by atoms with Gasteiger partial charge in [-0.1, -0.05) is 6.07 Å². The Morgan fingerprint density at radius 3 is 3.30 bits per heavy atom. The van der Waals surface area contributed by atoms with Crippen molar-refractivity contribution in [2.75, 3.05) is 0 Å². The molecule has 48 valence electrons. The molecule has 0 aliphatic rings. The third-order valence-electron chi connectivity index (χ3n) is 1.32. The molecule has 1 heterocycles. The van der Waals surface area contributed by atoms with Crippen molar-refractivity contribution in [2.45, 2.75) is 6.92 Å². The predicted octanol–water partition coefficient (Wildman–Crippen LogP) is 2.21. The number of aromatic nitrogens is 1. The van der Waals surface area contributed by atoms with Gasteiger partial charge in [-0.2, -0.15) is 0 Å². The molecular formula is C8H5NS. The van der Waals surface area contributed by atoms with Crippen LogP contribution >= 0.6 is 11.3 Å². The molecule has 0 spiro atoms. The van der Waals surface area contributed by atoms with Crippen molar-refractivity contribution in [1.82, 2.24) is 4.98 Å². The van der Waals surface area contributed by atoms with Gasteiger partial charge in [-0.3, -0.25) is 0 Å². The molecule has 1 nitrogen and oxygen atoms in total. The molecule has 0 fully saturated rings. The third-order valence-corrected chi connectivity index (χ3v) is 2.08. The molecule has 0 saturated heterocycles. The average Bonchev–Trinajstić information content (AvgIpc) is 2.33. The van der Waals surface area contributed by atoms with E-state index >= 15 is 0 Å². The van der Waals surface area contributed by atoms with E-state index in [0.29, 0.717) is 0 Å². The summed E-state index contributed by atoms with van der Waals surface area (Å²) in [6, 6.07) is 8.05. The summed E-state index contributed by atoms with van der Waals surface area (Å²) in [5, 5.41) is 0. The maximum Gasteiger partial charge on any atom is 0.104 e. The summed E-state index contributed by atoms with van der Waals surface area (Å²) in [6.07, 6.45) is 0. The summed E-state index contributed by atoms with van der Waals surface area (Å²) in [7, 11) is 0. The Morgan fingerprint density at radius 2 is 2.40 bits per heavy atom. The Bertz CT molecular complexity index is 351. The van der Waals surface area contributed by atoms with Gasteiger partial charge in [0.25, 0.3) is 0 Å². The van der Waals surface area contributed by atoms with Crippen LogP contribution in [0.4, 0.5) is 0 Å². The van der Waals surface area contributed by atoms with Crippen LogP contribution in [0.25, 0.3) is 10.2 Å². The lowest BCUT2D eigenvalue weighted by molar-refractivity contribution is 1.46. The van der Waals surface area contributed by atoms with Crippen LogP contribution in [0, 0.1) is 19.1 Å². The molecule has 0 aliphatic carbocycles. The van der Waals surface area contributed by atoms with Gasteiger partial charge in [0.15, 0.2) is 0 Å². The van der Waals surface area contributed by atoms with Crippen LogP contribution in [0.1, 0.15) is 5.56 Å². The lowest BCUT2D eigenvalue weighted by Gasteiger charge is -1.82. The van der Waals surface area contributed by atoms with Crippen molar-refractivity contribution in [3.05, 3.63) is 29.3 Å². The van der Waals surface area contributed by atoms with Gasteiger partial charge >= 0.3 is 0 Å². The van der Waals surface area contributed by atoms with Crippen LogP contribution in [-0.4, -0.2) is 4.98 Å². The standard InChI is InChI=1S/C8H5NS/c1-6-2-3-8-7(4-6)9-5-10-8/h4-5H,1H3. The van der Waals surface area contributed by atoms with Gasteiger partial charge < -0.3 is 0 Å². The quantitative estimate of drug-likeness (QED) is 0.556. The van der Waals surface area contributed by atoms with E-state index in [-0.39, 0.29) is 0 Å². The second kappa shape index (κ2) is 1.96. The van der Waals surface area contributed by atoms with E-state index in [1.807, 2.05) is 18.5 Å². The molecule has 2 rings (SSSR count). The molecule has 1 aromatic heterocycles. The normalized spacial score (nSPS) is 9.70. The maximum absolute atomic E-state index is 4.15. The van der Waals surface area contributed by atoms with Crippen molar-refractivity contribution < 1.29 is 0 Å². The zero-order valence-electron chi connectivity index (χ0n) is 5.51. The van der Waals surface area contributed by atoms with Gasteiger partial charge in [0, 0.05) is 5.56 Å². The van der Waals surface area contributed by atoms with E-state index in [1.165, 1.54) is 0 Å². The minimum Gasteiger partial charge on any atom is -0.244 e. The molecule has 0 atom stereocenters. The van der Waals surface area contributed by atoms with E-state index in [0.717, 1.165) is 15.8 Å². The molecular weight excluding hydrogens is 142 g/mol. The highest BCUT2D eigenvalue weighted by Gasteiger charge is 1.92. The Labute approximate surface area is 63.3 Å². The smallest absolute Gasteiger partial charge is 0.104 e. The topological polar surface area (TPSA) is 12.9 Å². The molecule has 0 unspecified atom stereocenters. The molecule has 2 heteroatoms. The molecule has 0 aliphatic heterocycles. The Hall–Kier alpha value is -1.07. The first-order chi connectivity index (χ1) is 4.86. The number of thiazole rings is 1. The Balaban J connectivity index is 2.86. The van der Waals surface area contributed by atoms with Crippen LogP contribution in [-0.2, 0) is 0 Å².